The second-order valence-electron chi connectivity index (χ2n) is 4.22. The molecule has 1 amide bonds. The first-order chi connectivity index (χ1) is 9.51. The molecule has 5 nitrogen and oxygen atoms in total. The van der Waals surface area contributed by atoms with Gasteiger partial charge in [0.2, 0.25) is 5.91 Å². The molecule has 0 aliphatic carbocycles. The number of carbonyl (C=O) groups excluding carboxylic acids is 1. The molecule has 6 heteroatoms. The molecule has 0 aliphatic rings. The van der Waals surface area contributed by atoms with E-state index < -0.39 is 5.97 Å². The molecule has 1 aromatic carbocycles. The number of hydrogen-bond donors (Lipinski definition) is 2. The molecule has 0 spiro atoms. The topological polar surface area (TPSA) is 79.3 Å². The van der Waals surface area contributed by atoms with Gasteiger partial charge >= 0.3 is 5.97 Å². The van der Waals surface area contributed by atoms with Crippen LogP contribution in [0.15, 0.2) is 24.3 Å². The van der Waals surface area contributed by atoms with Gasteiger partial charge in [-0.2, -0.15) is 0 Å². The predicted molar refractivity (Wildman–Crippen MR) is 78.2 cm³/mol. The number of nitrogens with one attached hydrogen (secondary N) is 1. The van der Waals surface area contributed by atoms with E-state index in [9.17, 15) is 9.59 Å². The molecule has 20 heavy (non-hydrogen) atoms. The zero-order valence-corrected chi connectivity index (χ0v) is 12.0. The monoisotopic (exact) mass is 290 g/mol. The van der Waals surface area contributed by atoms with E-state index in [4.69, 9.17) is 5.11 Å². The van der Waals surface area contributed by atoms with E-state index >= 15 is 0 Å². The number of anilines is 1. The summed E-state index contributed by atoms with van der Waals surface area (Å²) < 4.78 is 0. The number of carboxylic acid groups (broad SMARTS) is 1. The van der Waals surface area contributed by atoms with Crippen molar-refractivity contribution in [3.63, 3.8) is 0 Å². The van der Waals surface area contributed by atoms with E-state index in [0.29, 0.717) is 22.8 Å². The fourth-order valence-corrected chi connectivity index (χ4v) is 2.57. The third-order valence-corrected chi connectivity index (χ3v) is 3.92. The molecular formula is C14H14N2O3S. The zero-order chi connectivity index (χ0) is 14.7. The molecule has 0 fully saturated rings. The summed E-state index contributed by atoms with van der Waals surface area (Å²) in [5.41, 5.74) is 2.06. The van der Waals surface area contributed by atoms with Crippen LogP contribution in [-0.4, -0.2) is 22.0 Å². The van der Waals surface area contributed by atoms with E-state index in [0.717, 1.165) is 16.9 Å². The minimum Gasteiger partial charge on any atom is -0.477 e. The van der Waals surface area contributed by atoms with Crippen LogP contribution in [0.1, 0.15) is 28.7 Å². The summed E-state index contributed by atoms with van der Waals surface area (Å²) in [6, 6.07) is 7.19. The summed E-state index contributed by atoms with van der Waals surface area (Å²) in [7, 11) is 0. The second-order valence-corrected chi connectivity index (χ2v) is 5.22. The molecule has 0 unspecified atom stereocenters. The van der Waals surface area contributed by atoms with Crippen LogP contribution in [0.2, 0.25) is 0 Å². The van der Waals surface area contributed by atoms with Crippen molar-refractivity contribution in [2.24, 2.45) is 0 Å². The molecule has 2 N–H and O–H groups in total. The Bertz CT molecular complexity index is 647. The van der Waals surface area contributed by atoms with Crippen LogP contribution in [0.5, 0.6) is 0 Å². The van der Waals surface area contributed by atoms with Gasteiger partial charge in [-0.3, -0.25) is 4.79 Å². The number of carboxylic acids is 1. The third-order valence-electron chi connectivity index (χ3n) is 2.73. The Kier molecular flexibility index (Phi) is 4.14. The molecule has 1 aromatic heterocycles. The highest BCUT2D eigenvalue weighted by atomic mass is 32.1. The van der Waals surface area contributed by atoms with Crippen LogP contribution >= 0.6 is 11.3 Å². The van der Waals surface area contributed by atoms with Crippen LogP contribution in [0.4, 0.5) is 5.69 Å². The Hall–Kier alpha value is -2.21. The normalized spacial score (nSPS) is 10.3. The lowest BCUT2D eigenvalue weighted by atomic mass is 10.2. The number of rotatable bonds is 4. The lowest BCUT2D eigenvalue weighted by Crippen LogP contribution is -2.08. The highest BCUT2D eigenvalue weighted by Crippen LogP contribution is 2.28. The first kappa shape index (κ1) is 14.2. The smallest absolute Gasteiger partial charge is 0.347 e. The third kappa shape index (κ3) is 3.03. The lowest BCUT2D eigenvalue weighted by Gasteiger charge is -2.03. The van der Waals surface area contributed by atoms with Gasteiger partial charge in [-0.15, -0.1) is 11.3 Å². The van der Waals surface area contributed by atoms with Crippen LogP contribution < -0.4 is 5.32 Å². The SMILES string of the molecule is CCC(=O)Nc1ccc(-c2nc(C)c(C(=O)O)s2)cc1. The average molecular weight is 290 g/mol. The van der Waals surface area contributed by atoms with Gasteiger partial charge in [-0.1, -0.05) is 6.92 Å². The molecular weight excluding hydrogens is 276 g/mol. The second kappa shape index (κ2) is 5.83. The molecule has 2 rings (SSSR count). The Balaban J connectivity index is 2.24. The van der Waals surface area contributed by atoms with Gasteiger partial charge in [0.05, 0.1) is 5.69 Å². The van der Waals surface area contributed by atoms with E-state index in [-0.39, 0.29) is 10.8 Å². The molecule has 0 radical (unpaired) electrons. The summed E-state index contributed by atoms with van der Waals surface area (Å²) >= 11 is 1.15. The largest absolute Gasteiger partial charge is 0.477 e. The van der Waals surface area contributed by atoms with E-state index in [1.807, 2.05) is 12.1 Å². The summed E-state index contributed by atoms with van der Waals surface area (Å²) in [4.78, 5) is 26.8. The minimum absolute atomic E-state index is 0.0454. The Labute approximate surface area is 120 Å². The van der Waals surface area contributed by atoms with Crippen molar-refractivity contribution >= 4 is 28.9 Å². The van der Waals surface area contributed by atoms with E-state index in [2.05, 4.69) is 10.3 Å². The quantitative estimate of drug-likeness (QED) is 0.906. The van der Waals surface area contributed by atoms with Gasteiger partial charge in [-0.25, -0.2) is 9.78 Å². The van der Waals surface area contributed by atoms with Crippen molar-refractivity contribution in [2.45, 2.75) is 20.3 Å². The van der Waals surface area contributed by atoms with E-state index in [1.54, 1.807) is 26.0 Å². The Morgan fingerprint density at radius 3 is 2.45 bits per heavy atom. The van der Waals surface area contributed by atoms with Gasteiger partial charge in [0.15, 0.2) is 0 Å². The van der Waals surface area contributed by atoms with Crippen LogP contribution in [-0.2, 0) is 4.79 Å². The van der Waals surface area contributed by atoms with Crippen molar-refractivity contribution < 1.29 is 14.7 Å². The van der Waals surface area contributed by atoms with Crippen molar-refractivity contribution in [3.8, 4) is 10.6 Å². The highest BCUT2D eigenvalue weighted by molar-refractivity contribution is 7.17. The molecule has 104 valence electrons. The number of benzene rings is 1. The standard InChI is InChI=1S/C14H14N2O3S/c1-3-11(17)16-10-6-4-9(5-7-10)13-15-8(2)12(20-13)14(18)19/h4-7H,3H2,1-2H3,(H,16,17)(H,18,19). The fourth-order valence-electron chi connectivity index (χ4n) is 1.66. The minimum atomic E-state index is -0.960. The number of nitrogens with zero attached hydrogens (tertiary/aromatic N) is 1. The van der Waals surface area contributed by atoms with Crippen molar-refractivity contribution in [3.05, 3.63) is 34.8 Å². The number of aromatic carboxylic acids is 1. The number of thiazole rings is 1. The molecule has 0 saturated heterocycles. The number of carbonyl (C=O) groups is 2. The van der Waals surface area contributed by atoms with Crippen molar-refractivity contribution in [1.82, 2.24) is 4.98 Å². The van der Waals surface area contributed by atoms with Gasteiger partial charge < -0.3 is 10.4 Å². The number of aromatic nitrogens is 1. The summed E-state index contributed by atoms with van der Waals surface area (Å²) in [6.07, 6.45) is 0.426. The summed E-state index contributed by atoms with van der Waals surface area (Å²) in [5, 5.41) is 12.4. The molecule has 1 heterocycles. The highest BCUT2D eigenvalue weighted by Gasteiger charge is 2.14. The molecule has 2 aromatic rings. The molecule has 0 bridgehead atoms. The lowest BCUT2D eigenvalue weighted by molar-refractivity contribution is -0.115. The predicted octanol–water partition coefficient (Wildman–Crippen LogP) is 3.17. The summed E-state index contributed by atoms with van der Waals surface area (Å²) in [5.74, 6) is -1.01. The summed E-state index contributed by atoms with van der Waals surface area (Å²) in [6.45, 7) is 3.47. The van der Waals surface area contributed by atoms with Crippen LogP contribution in [0.3, 0.4) is 0 Å². The van der Waals surface area contributed by atoms with Crippen LogP contribution in [0, 0.1) is 6.92 Å². The Morgan fingerprint density at radius 2 is 1.95 bits per heavy atom. The van der Waals surface area contributed by atoms with Crippen LogP contribution in [0.25, 0.3) is 10.6 Å². The first-order valence-electron chi connectivity index (χ1n) is 6.12. The van der Waals surface area contributed by atoms with Gasteiger partial charge in [-0.05, 0) is 31.2 Å². The van der Waals surface area contributed by atoms with Gasteiger partial charge in [0.1, 0.15) is 9.88 Å². The zero-order valence-electron chi connectivity index (χ0n) is 11.1. The number of hydrogen-bond acceptors (Lipinski definition) is 4. The van der Waals surface area contributed by atoms with Crippen molar-refractivity contribution in [1.29, 1.82) is 0 Å². The maximum atomic E-state index is 11.3. The van der Waals surface area contributed by atoms with E-state index in [1.165, 1.54) is 0 Å². The van der Waals surface area contributed by atoms with Crippen molar-refractivity contribution in [2.75, 3.05) is 5.32 Å². The number of aryl methyl sites for hydroxylation is 1. The Morgan fingerprint density at radius 1 is 1.30 bits per heavy atom. The average Bonchev–Trinajstić information content (AvgIpc) is 2.81. The first-order valence-corrected chi connectivity index (χ1v) is 6.94. The van der Waals surface area contributed by atoms with Gasteiger partial charge in [0.25, 0.3) is 0 Å². The fraction of sp³-hybridized carbons (Fsp3) is 0.214. The van der Waals surface area contributed by atoms with Gasteiger partial charge in [0, 0.05) is 17.7 Å². The molecule has 0 atom stereocenters. The number of amides is 1. The maximum Gasteiger partial charge on any atom is 0.347 e. The molecule has 0 aliphatic heterocycles. The molecule has 0 saturated carbocycles. The maximum absolute atomic E-state index is 11.3.